The minimum absolute atomic E-state index is 0.0118. The van der Waals surface area contributed by atoms with Gasteiger partial charge in [0.25, 0.3) is 5.69 Å². The van der Waals surface area contributed by atoms with E-state index in [9.17, 15) is 14.9 Å². The van der Waals surface area contributed by atoms with Crippen molar-refractivity contribution < 1.29 is 14.1 Å². The molecule has 1 amide bonds. The predicted octanol–water partition coefficient (Wildman–Crippen LogP) is 3.55. The molecular formula is C19H15N3O4. The number of nitro groups is 1. The first kappa shape index (κ1) is 17.1. The number of benzene rings is 2. The largest absolute Gasteiger partial charge is 0.455 e. The Bertz CT molecular complexity index is 948. The monoisotopic (exact) mass is 349 g/mol. The first-order chi connectivity index (χ1) is 12.6. The highest BCUT2D eigenvalue weighted by Crippen LogP contribution is 2.25. The zero-order valence-corrected chi connectivity index (χ0v) is 13.7. The minimum Gasteiger partial charge on any atom is -0.455 e. The lowest BCUT2D eigenvalue weighted by molar-refractivity contribution is -0.384. The lowest BCUT2D eigenvalue weighted by Gasteiger charge is -1.99. The number of furan rings is 1. The van der Waals surface area contributed by atoms with Gasteiger partial charge in [0, 0.05) is 17.7 Å². The molecule has 0 unspecified atom stereocenters. The fourth-order valence-electron chi connectivity index (χ4n) is 2.34. The van der Waals surface area contributed by atoms with Crippen molar-refractivity contribution in [3.05, 3.63) is 88.2 Å². The van der Waals surface area contributed by atoms with Crippen LogP contribution in [-0.4, -0.2) is 17.0 Å². The molecule has 1 N–H and O–H groups in total. The number of non-ortho nitro benzene ring substituents is 1. The molecule has 0 spiro atoms. The second-order valence-corrected chi connectivity index (χ2v) is 5.47. The third-order valence-corrected chi connectivity index (χ3v) is 3.56. The van der Waals surface area contributed by atoms with Crippen molar-refractivity contribution in [3.8, 4) is 11.3 Å². The van der Waals surface area contributed by atoms with Gasteiger partial charge in [-0.1, -0.05) is 42.5 Å². The molecule has 7 nitrogen and oxygen atoms in total. The Morgan fingerprint density at radius 2 is 1.92 bits per heavy atom. The fraction of sp³-hybridized carbons (Fsp3) is 0.0526. The molecule has 3 aromatic rings. The van der Waals surface area contributed by atoms with Gasteiger partial charge in [-0.3, -0.25) is 14.9 Å². The highest BCUT2D eigenvalue weighted by atomic mass is 16.6. The van der Waals surface area contributed by atoms with Gasteiger partial charge in [0.1, 0.15) is 11.5 Å². The summed E-state index contributed by atoms with van der Waals surface area (Å²) >= 11 is 0. The van der Waals surface area contributed by atoms with E-state index in [0.717, 1.165) is 5.56 Å². The van der Waals surface area contributed by atoms with E-state index >= 15 is 0 Å². The number of nitrogens with zero attached hydrogens (tertiary/aromatic N) is 2. The van der Waals surface area contributed by atoms with E-state index in [1.807, 2.05) is 30.3 Å². The molecule has 0 bridgehead atoms. The van der Waals surface area contributed by atoms with Crippen molar-refractivity contribution in [1.82, 2.24) is 5.43 Å². The number of carbonyl (C=O) groups is 1. The van der Waals surface area contributed by atoms with Crippen LogP contribution in [0.4, 0.5) is 5.69 Å². The summed E-state index contributed by atoms with van der Waals surface area (Å²) in [5, 5.41) is 14.7. The maximum Gasteiger partial charge on any atom is 0.270 e. The number of hydrogen-bond acceptors (Lipinski definition) is 5. The first-order valence-corrected chi connectivity index (χ1v) is 7.82. The van der Waals surface area contributed by atoms with Crippen molar-refractivity contribution in [2.75, 3.05) is 0 Å². The maximum atomic E-state index is 11.8. The summed E-state index contributed by atoms with van der Waals surface area (Å²) in [7, 11) is 0. The number of rotatable bonds is 6. The van der Waals surface area contributed by atoms with Gasteiger partial charge in [-0.25, -0.2) is 5.43 Å². The standard InChI is InChI=1S/C19H15N3O4/c23-19(11-14-5-2-1-3-6-14)21-20-13-17-9-10-18(26-17)15-7-4-8-16(12-15)22(24)25/h1-10,12-13H,11H2,(H,21,23)/b20-13+. The van der Waals surface area contributed by atoms with Gasteiger partial charge < -0.3 is 4.42 Å². The van der Waals surface area contributed by atoms with Gasteiger partial charge >= 0.3 is 0 Å². The first-order valence-electron chi connectivity index (χ1n) is 7.82. The molecule has 0 aliphatic heterocycles. The van der Waals surface area contributed by atoms with Crippen molar-refractivity contribution in [2.24, 2.45) is 5.10 Å². The van der Waals surface area contributed by atoms with Crippen LogP contribution in [0.15, 0.2) is 76.2 Å². The molecule has 3 rings (SSSR count). The molecule has 7 heteroatoms. The number of amides is 1. The number of hydrazone groups is 1. The average molecular weight is 349 g/mol. The second-order valence-electron chi connectivity index (χ2n) is 5.47. The summed E-state index contributed by atoms with van der Waals surface area (Å²) in [4.78, 5) is 22.2. The number of hydrogen-bond donors (Lipinski definition) is 1. The molecule has 0 aliphatic carbocycles. The Balaban J connectivity index is 1.61. The van der Waals surface area contributed by atoms with Crippen LogP contribution < -0.4 is 5.43 Å². The van der Waals surface area contributed by atoms with Gasteiger partial charge in [-0.2, -0.15) is 5.10 Å². The Kier molecular flexibility index (Phi) is 5.19. The maximum absolute atomic E-state index is 11.8. The highest BCUT2D eigenvalue weighted by molar-refractivity contribution is 5.82. The van der Waals surface area contributed by atoms with E-state index in [2.05, 4.69) is 10.5 Å². The average Bonchev–Trinajstić information content (AvgIpc) is 3.11. The van der Waals surface area contributed by atoms with Crippen LogP contribution in [0.3, 0.4) is 0 Å². The topological polar surface area (TPSA) is 97.7 Å². The second kappa shape index (κ2) is 7.89. The number of carbonyl (C=O) groups excluding carboxylic acids is 1. The van der Waals surface area contributed by atoms with E-state index < -0.39 is 4.92 Å². The molecule has 130 valence electrons. The van der Waals surface area contributed by atoms with E-state index in [-0.39, 0.29) is 18.0 Å². The molecule has 0 radical (unpaired) electrons. The van der Waals surface area contributed by atoms with Crippen LogP contribution in [-0.2, 0) is 11.2 Å². The van der Waals surface area contributed by atoms with Crippen molar-refractivity contribution in [1.29, 1.82) is 0 Å². The van der Waals surface area contributed by atoms with Crippen LogP contribution in [0.1, 0.15) is 11.3 Å². The molecule has 0 fully saturated rings. The molecule has 2 aromatic carbocycles. The molecule has 0 saturated carbocycles. The molecule has 0 saturated heterocycles. The van der Waals surface area contributed by atoms with Crippen molar-refractivity contribution in [2.45, 2.75) is 6.42 Å². The zero-order chi connectivity index (χ0) is 18.4. The van der Waals surface area contributed by atoms with Crippen molar-refractivity contribution >= 4 is 17.8 Å². The van der Waals surface area contributed by atoms with Crippen molar-refractivity contribution in [3.63, 3.8) is 0 Å². The third kappa shape index (κ3) is 4.41. The summed E-state index contributed by atoms with van der Waals surface area (Å²) in [6, 6.07) is 18.8. The molecule has 0 atom stereocenters. The predicted molar refractivity (Wildman–Crippen MR) is 96.7 cm³/mol. The Morgan fingerprint density at radius 1 is 1.12 bits per heavy atom. The van der Waals surface area contributed by atoms with E-state index in [1.165, 1.54) is 18.3 Å². The van der Waals surface area contributed by atoms with Crippen LogP contribution >= 0.6 is 0 Å². The number of nitrogens with one attached hydrogen (secondary N) is 1. The summed E-state index contributed by atoms with van der Waals surface area (Å²) in [5.41, 5.74) is 3.91. The normalized spacial score (nSPS) is 10.8. The van der Waals surface area contributed by atoms with Gasteiger partial charge in [0.05, 0.1) is 17.6 Å². The minimum atomic E-state index is -0.461. The van der Waals surface area contributed by atoms with Gasteiger partial charge in [0.2, 0.25) is 5.91 Å². The van der Waals surface area contributed by atoms with Crippen LogP contribution in [0.2, 0.25) is 0 Å². The number of nitro benzene ring substituents is 1. The van der Waals surface area contributed by atoms with Gasteiger partial charge in [-0.05, 0) is 17.7 Å². The Morgan fingerprint density at radius 3 is 2.69 bits per heavy atom. The lowest BCUT2D eigenvalue weighted by atomic mass is 10.1. The van der Waals surface area contributed by atoms with Gasteiger partial charge in [0.15, 0.2) is 0 Å². The highest BCUT2D eigenvalue weighted by Gasteiger charge is 2.09. The smallest absolute Gasteiger partial charge is 0.270 e. The van der Waals surface area contributed by atoms with Crippen LogP contribution in [0.25, 0.3) is 11.3 Å². The van der Waals surface area contributed by atoms with Gasteiger partial charge in [-0.15, -0.1) is 0 Å². The quantitative estimate of drug-likeness (QED) is 0.418. The molecule has 1 heterocycles. The van der Waals surface area contributed by atoms with Crippen LogP contribution in [0.5, 0.6) is 0 Å². The van der Waals surface area contributed by atoms with E-state index in [0.29, 0.717) is 17.1 Å². The summed E-state index contributed by atoms with van der Waals surface area (Å²) in [5.74, 6) is 0.662. The third-order valence-electron chi connectivity index (χ3n) is 3.56. The molecule has 1 aromatic heterocycles. The van der Waals surface area contributed by atoms with E-state index in [1.54, 1.807) is 24.3 Å². The Hall–Kier alpha value is -3.74. The zero-order valence-electron chi connectivity index (χ0n) is 13.7. The SMILES string of the molecule is O=C(Cc1ccccc1)N/N=C/c1ccc(-c2cccc([N+](=O)[O-])c2)o1. The van der Waals surface area contributed by atoms with E-state index in [4.69, 9.17) is 4.42 Å². The molecule has 0 aliphatic rings. The summed E-state index contributed by atoms with van der Waals surface area (Å²) in [6.45, 7) is 0. The lowest BCUT2D eigenvalue weighted by Crippen LogP contribution is -2.19. The molecular weight excluding hydrogens is 334 g/mol. The Labute approximate surface area is 149 Å². The summed E-state index contributed by atoms with van der Waals surface area (Å²) < 4.78 is 5.58. The fourth-order valence-corrected chi connectivity index (χ4v) is 2.34. The molecule has 26 heavy (non-hydrogen) atoms. The van der Waals surface area contributed by atoms with Crippen LogP contribution in [0, 0.1) is 10.1 Å². The summed E-state index contributed by atoms with van der Waals surface area (Å²) in [6.07, 6.45) is 1.61.